The van der Waals surface area contributed by atoms with Crippen molar-refractivity contribution >= 4 is 17.6 Å². The fraction of sp³-hybridized carbons (Fsp3) is 0.409. The highest BCUT2D eigenvalue weighted by atomic mass is 16.2. The molecule has 2 aromatic rings. The number of amides is 3. The molecule has 2 N–H and O–H groups in total. The van der Waals surface area contributed by atoms with Gasteiger partial charge in [-0.05, 0) is 61.9 Å². The summed E-state index contributed by atoms with van der Waals surface area (Å²) in [6, 6.07) is 13.4. The fourth-order valence-electron chi connectivity index (χ4n) is 3.53. The second kappa shape index (κ2) is 9.88. The molecule has 0 saturated carbocycles. The number of nitrogens with one attached hydrogen (secondary N) is 2. The molecule has 3 rings (SSSR count). The van der Waals surface area contributed by atoms with Gasteiger partial charge in [0.15, 0.2) is 0 Å². The van der Waals surface area contributed by atoms with Crippen LogP contribution in [-0.4, -0.2) is 34.9 Å². The van der Waals surface area contributed by atoms with E-state index >= 15 is 0 Å². The standard InChI is InChI=1S/C22H28N4O2/c1-17-6-4-9-19(14-17)25-22(28)26-13-5-7-18(16-26)10-11-21(27)24-15-20-8-2-3-12-23-20/h2-4,6,8-9,12,14,18H,5,7,10-11,13,15-16H2,1H3,(H,24,27)(H,25,28)/t18-/m0/s1. The summed E-state index contributed by atoms with van der Waals surface area (Å²) >= 11 is 0. The first-order valence-electron chi connectivity index (χ1n) is 9.89. The number of likely N-dealkylation sites (tertiary alicyclic amines) is 1. The highest BCUT2D eigenvalue weighted by molar-refractivity contribution is 5.89. The van der Waals surface area contributed by atoms with Crippen LogP contribution in [0.4, 0.5) is 10.5 Å². The fourth-order valence-corrected chi connectivity index (χ4v) is 3.53. The molecule has 3 amide bonds. The zero-order valence-electron chi connectivity index (χ0n) is 16.4. The number of aryl methyl sites for hydroxylation is 1. The Balaban J connectivity index is 1.41. The van der Waals surface area contributed by atoms with Gasteiger partial charge in [0, 0.05) is 31.4 Å². The SMILES string of the molecule is Cc1cccc(NC(=O)N2CCC[C@@H](CCC(=O)NCc3ccccn3)C2)c1. The molecule has 6 heteroatoms. The zero-order chi connectivity index (χ0) is 19.8. The number of rotatable bonds is 6. The summed E-state index contributed by atoms with van der Waals surface area (Å²) in [6.07, 6.45) is 5.02. The van der Waals surface area contributed by atoms with Crippen LogP contribution in [0.15, 0.2) is 48.7 Å². The number of nitrogens with zero attached hydrogens (tertiary/aromatic N) is 2. The van der Waals surface area contributed by atoms with Crippen molar-refractivity contribution in [2.75, 3.05) is 18.4 Å². The van der Waals surface area contributed by atoms with Gasteiger partial charge in [-0.15, -0.1) is 0 Å². The van der Waals surface area contributed by atoms with Gasteiger partial charge in [0.25, 0.3) is 0 Å². The summed E-state index contributed by atoms with van der Waals surface area (Å²) in [6.45, 7) is 3.92. The highest BCUT2D eigenvalue weighted by Gasteiger charge is 2.24. The molecule has 6 nitrogen and oxygen atoms in total. The van der Waals surface area contributed by atoms with Gasteiger partial charge in [-0.25, -0.2) is 4.79 Å². The summed E-state index contributed by atoms with van der Waals surface area (Å²) < 4.78 is 0. The highest BCUT2D eigenvalue weighted by Crippen LogP contribution is 2.22. The molecule has 148 valence electrons. The van der Waals surface area contributed by atoms with Crippen molar-refractivity contribution in [1.82, 2.24) is 15.2 Å². The normalized spacial score (nSPS) is 16.5. The van der Waals surface area contributed by atoms with Gasteiger partial charge in [-0.1, -0.05) is 18.2 Å². The Kier molecular flexibility index (Phi) is 7.00. The van der Waals surface area contributed by atoms with Crippen LogP contribution in [0.3, 0.4) is 0 Å². The molecule has 0 unspecified atom stereocenters. The van der Waals surface area contributed by atoms with Crippen LogP contribution in [0.5, 0.6) is 0 Å². The van der Waals surface area contributed by atoms with Crippen molar-refractivity contribution in [2.45, 2.75) is 39.2 Å². The molecule has 1 atom stereocenters. The first-order valence-corrected chi connectivity index (χ1v) is 9.89. The number of benzene rings is 1. The second-order valence-corrected chi connectivity index (χ2v) is 7.39. The number of pyridine rings is 1. The number of hydrogen-bond acceptors (Lipinski definition) is 3. The predicted octanol–water partition coefficient (Wildman–Crippen LogP) is 3.73. The van der Waals surface area contributed by atoms with Crippen LogP contribution in [0.25, 0.3) is 0 Å². The Morgan fingerprint density at radius 3 is 2.89 bits per heavy atom. The monoisotopic (exact) mass is 380 g/mol. The van der Waals surface area contributed by atoms with E-state index in [1.54, 1.807) is 6.20 Å². The van der Waals surface area contributed by atoms with Gasteiger partial charge in [0.2, 0.25) is 5.91 Å². The predicted molar refractivity (Wildman–Crippen MR) is 110 cm³/mol. The van der Waals surface area contributed by atoms with Crippen molar-refractivity contribution in [1.29, 1.82) is 0 Å². The molecule has 1 saturated heterocycles. The lowest BCUT2D eigenvalue weighted by Gasteiger charge is -2.32. The number of piperidine rings is 1. The summed E-state index contributed by atoms with van der Waals surface area (Å²) in [5, 5.41) is 5.89. The molecule has 1 aliphatic rings. The summed E-state index contributed by atoms with van der Waals surface area (Å²) in [5.41, 5.74) is 2.79. The largest absolute Gasteiger partial charge is 0.350 e. The Labute approximate surface area is 166 Å². The van der Waals surface area contributed by atoms with Crippen molar-refractivity contribution in [2.24, 2.45) is 5.92 Å². The number of aromatic nitrogens is 1. The van der Waals surface area contributed by atoms with Crippen molar-refractivity contribution in [3.8, 4) is 0 Å². The van der Waals surface area contributed by atoms with E-state index in [0.29, 0.717) is 25.4 Å². The molecule has 1 aromatic carbocycles. The first-order chi connectivity index (χ1) is 13.6. The van der Waals surface area contributed by atoms with E-state index in [9.17, 15) is 9.59 Å². The minimum absolute atomic E-state index is 0.0342. The Morgan fingerprint density at radius 2 is 2.11 bits per heavy atom. The van der Waals surface area contributed by atoms with Crippen LogP contribution < -0.4 is 10.6 Å². The Morgan fingerprint density at radius 1 is 1.21 bits per heavy atom. The van der Waals surface area contributed by atoms with Crippen LogP contribution in [0, 0.1) is 12.8 Å². The lowest BCUT2D eigenvalue weighted by molar-refractivity contribution is -0.121. The van der Waals surface area contributed by atoms with Gasteiger partial charge in [-0.2, -0.15) is 0 Å². The van der Waals surface area contributed by atoms with Crippen molar-refractivity contribution in [3.05, 3.63) is 59.9 Å². The van der Waals surface area contributed by atoms with Crippen LogP contribution in [-0.2, 0) is 11.3 Å². The minimum Gasteiger partial charge on any atom is -0.350 e. The quantitative estimate of drug-likeness (QED) is 0.802. The number of carbonyl (C=O) groups excluding carboxylic acids is 2. The molecule has 1 aromatic heterocycles. The molecule has 1 fully saturated rings. The molecule has 0 bridgehead atoms. The van der Waals surface area contributed by atoms with E-state index in [1.165, 1.54) is 0 Å². The van der Waals surface area contributed by atoms with Gasteiger partial charge < -0.3 is 15.5 Å². The van der Waals surface area contributed by atoms with E-state index in [-0.39, 0.29) is 11.9 Å². The maximum atomic E-state index is 12.6. The molecule has 0 aliphatic carbocycles. The van der Waals surface area contributed by atoms with Gasteiger partial charge in [-0.3, -0.25) is 9.78 Å². The number of anilines is 1. The molecule has 0 spiro atoms. The maximum absolute atomic E-state index is 12.6. The van der Waals surface area contributed by atoms with Gasteiger partial charge in [0.05, 0.1) is 12.2 Å². The van der Waals surface area contributed by atoms with E-state index in [2.05, 4.69) is 15.6 Å². The van der Waals surface area contributed by atoms with E-state index in [1.807, 2.05) is 54.3 Å². The van der Waals surface area contributed by atoms with Crippen molar-refractivity contribution in [3.63, 3.8) is 0 Å². The third-order valence-electron chi connectivity index (χ3n) is 5.05. The molecule has 0 radical (unpaired) electrons. The zero-order valence-corrected chi connectivity index (χ0v) is 16.4. The first kappa shape index (κ1) is 19.9. The average molecular weight is 380 g/mol. The van der Waals surface area contributed by atoms with Crippen LogP contribution in [0.2, 0.25) is 0 Å². The molecule has 2 heterocycles. The number of carbonyl (C=O) groups is 2. The summed E-state index contributed by atoms with van der Waals surface area (Å²) in [7, 11) is 0. The van der Waals surface area contributed by atoms with Gasteiger partial charge >= 0.3 is 6.03 Å². The maximum Gasteiger partial charge on any atom is 0.321 e. The third-order valence-corrected chi connectivity index (χ3v) is 5.05. The van der Waals surface area contributed by atoms with Crippen molar-refractivity contribution < 1.29 is 9.59 Å². The smallest absolute Gasteiger partial charge is 0.321 e. The molecule has 28 heavy (non-hydrogen) atoms. The molecular weight excluding hydrogens is 352 g/mol. The lowest BCUT2D eigenvalue weighted by Crippen LogP contribution is -2.42. The molecular formula is C22H28N4O2. The summed E-state index contributed by atoms with van der Waals surface area (Å²) in [4.78, 5) is 30.7. The molecule has 1 aliphatic heterocycles. The second-order valence-electron chi connectivity index (χ2n) is 7.39. The number of hydrogen-bond donors (Lipinski definition) is 2. The summed E-state index contributed by atoms with van der Waals surface area (Å²) in [5.74, 6) is 0.393. The minimum atomic E-state index is -0.0603. The topological polar surface area (TPSA) is 74.3 Å². The van der Waals surface area contributed by atoms with Gasteiger partial charge in [0.1, 0.15) is 0 Å². The van der Waals surface area contributed by atoms with E-state index < -0.39 is 0 Å². The van der Waals surface area contributed by atoms with E-state index in [4.69, 9.17) is 0 Å². The van der Waals surface area contributed by atoms with E-state index in [0.717, 1.165) is 42.8 Å². The lowest BCUT2D eigenvalue weighted by atomic mass is 9.93. The van der Waals surface area contributed by atoms with Crippen LogP contribution >= 0.6 is 0 Å². The number of urea groups is 1. The van der Waals surface area contributed by atoms with Crippen LogP contribution in [0.1, 0.15) is 36.9 Å². The third kappa shape index (κ3) is 6.08. The Hall–Kier alpha value is -2.89. The average Bonchev–Trinajstić information content (AvgIpc) is 2.72. The Bertz CT molecular complexity index is 794.